The largest absolute Gasteiger partial charge is 0.417 e. The normalized spacial score (nSPS) is 26.8. The first-order chi connectivity index (χ1) is 11.5. The van der Waals surface area contributed by atoms with E-state index in [0.29, 0.717) is 17.2 Å². The molecule has 2 saturated carbocycles. The maximum Gasteiger partial charge on any atom is 0.388 e. The van der Waals surface area contributed by atoms with Crippen molar-refractivity contribution in [1.82, 2.24) is 4.98 Å². The third-order valence-corrected chi connectivity index (χ3v) is 5.57. The van der Waals surface area contributed by atoms with Crippen LogP contribution in [0.3, 0.4) is 0 Å². The van der Waals surface area contributed by atoms with Gasteiger partial charge in [-0.15, -0.1) is 0 Å². The number of hydrogen-bond donors (Lipinski definition) is 1. The minimum atomic E-state index is -2.90. The Labute approximate surface area is 141 Å². The zero-order chi connectivity index (χ0) is 17.2. The van der Waals surface area contributed by atoms with E-state index < -0.39 is 6.61 Å². The van der Waals surface area contributed by atoms with Crippen molar-refractivity contribution in [3.63, 3.8) is 0 Å². The Bertz CT molecular complexity index is 595. The van der Waals surface area contributed by atoms with Crippen LogP contribution in [0.15, 0.2) is 12.3 Å². The number of nitrogens with one attached hydrogen (secondary N) is 1. The number of nitrogens with zero attached hydrogens (tertiary/aromatic N) is 1. The zero-order valence-corrected chi connectivity index (χ0v) is 14.0. The van der Waals surface area contributed by atoms with Gasteiger partial charge in [0.25, 0.3) is 0 Å². The quantitative estimate of drug-likeness (QED) is 0.867. The number of ether oxygens (including phenoxy) is 1. The standard InChI is InChI=1S/C18H24F2N2O2/c1-12-10-14(11-21-15(12)24-17(19)20)22-16(23)18-8-4-2-6-13(18)7-3-5-9-18/h10-11,13,17H,2-9H2,1H3,(H,22,23). The Morgan fingerprint density at radius 3 is 2.54 bits per heavy atom. The number of carbonyl (C=O) groups is 1. The van der Waals surface area contributed by atoms with E-state index in [1.807, 2.05) is 0 Å². The van der Waals surface area contributed by atoms with Crippen LogP contribution in [0.25, 0.3) is 0 Å². The summed E-state index contributed by atoms with van der Waals surface area (Å²) in [5, 5.41) is 2.98. The smallest absolute Gasteiger partial charge is 0.388 e. The maximum absolute atomic E-state index is 13.0. The van der Waals surface area contributed by atoms with Gasteiger partial charge in [0.05, 0.1) is 17.3 Å². The van der Waals surface area contributed by atoms with Gasteiger partial charge < -0.3 is 10.1 Å². The van der Waals surface area contributed by atoms with Gasteiger partial charge in [0.2, 0.25) is 11.8 Å². The minimum Gasteiger partial charge on any atom is -0.417 e. The van der Waals surface area contributed by atoms with Crippen LogP contribution in [0.1, 0.15) is 56.9 Å². The Kier molecular flexibility index (Phi) is 5.01. The molecule has 3 rings (SSSR count). The summed E-state index contributed by atoms with van der Waals surface area (Å²) in [5.74, 6) is 0.431. The van der Waals surface area contributed by atoms with Gasteiger partial charge in [0.1, 0.15) is 0 Å². The van der Waals surface area contributed by atoms with Crippen molar-refractivity contribution < 1.29 is 18.3 Å². The van der Waals surface area contributed by atoms with Crippen molar-refractivity contribution >= 4 is 11.6 Å². The van der Waals surface area contributed by atoms with Crippen LogP contribution in [0, 0.1) is 18.3 Å². The molecule has 0 bridgehead atoms. The number of amides is 1. The molecule has 0 aromatic carbocycles. The summed E-state index contributed by atoms with van der Waals surface area (Å²) in [6.07, 6.45) is 10.2. The molecule has 0 atom stereocenters. The van der Waals surface area contributed by atoms with E-state index in [9.17, 15) is 13.6 Å². The van der Waals surface area contributed by atoms with Gasteiger partial charge in [-0.3, -0.25) is 4.79 Å². The van der Waals surface area contributed by atoms with Crippen LogP contribution in [-0.2, 0) is 4.79 Å². The van der Waals surface area contributed by atoms with E-state index in [1.54, 1.807) is 13.0 Å². The summed E-state index contributed by atoms with van der Waals surface area (Å²) < 4.78 is 29.0. The summed E-state index contributed by atoms with van der Waals surface area (Å²) in [7, 11) is 0. The molecule has 1 aromatic rings. The van der Waals surface area contributed by atoms with Crippen LogP contribution < -0.4 is 10.1 Å². The SMILES string of the molecule is Cc1cc(NC(=O)C23CCCCC2CCCC3)cnc1OC(F)F. The van der Waals surface area contributed by atoms with Crippen LogP contribution in [-0.4, -0.2) is 17.5 Å². The second-order valence-electron chi connectivity index (χ2n) is 7.02. The molecule has 6 heteroatoms. The number of aryl methyl sites for hydroxylation is 1. The molecule has 132 valence electrons. The fraction of sp³-hybridized carbons (Fsp3) is 0.667. The average Bonchev–Trinajstić information content (AvgIpc) is 2.57. The number of anilines is 1. The Balaban J connectivity index is 1.75. The number of pyridine rings is 1. The molecule has 1 amide bonds. The number of fused-ring (bicyclic) bond motifs is 1. The molecule has 0 saturated heterocycles. The van der Waals surface area contributed by atoms with E-state index in [0.717, 1.165) is 38.5 Å². The molecule has 2 aliphatic carbocycles. The average molecular weight is 338 g/mol. The van der Waals surface area contributed by atoms with E-state index in [1.165, 1.54) is 19.0 Å². The van der Waals surface area contributed by atoms with Crippen LogP contribution in [0.4, 0.5) is 14.5 Å². The second kappa shape index (κ2) is 7.03. The number of halogens is 2. The first-order valence-corrected chi connectivity index (χ1v) is 8.74. The van der Waals surface area contributed by atoms with Crippen molar-refractivity contribution in [3.05, 3.63) is 17.8 Å². The molecule has 2 fully saturated rings. The molecule has 0 unspecified atom stereocenters. The van der Waals surface area contributed by atoms with Gasteiger partial charge in [0, 0.05) is 5.56 Å². The van der Waals surface area contributed by atoms with Crippen molar-refractivity contribution in [1.29, 1.82) is 0 Å². The van der Waals surface area contributed by atoms with Gasteiger partial charge in [-0.25, -0.2) is 4.98 Å². The lowest BCUT2D eigenvalue weighted by molar-refractivity contribution is -0.133. The monoisotopic (exact) mass is 338 g/mol. The van der Waals surface area contributed by atoms with Crippen molar-refractivity contribution in [2.45, 2.75) is 64.9 Å². The number of carbonyl (C=O) groups excluding carboxylic acids is 1. The zero-order valence-electron chi connectivity index (χ0n) is 14.0. The molecule has 0 aliphatic heterocycles. The van der Waals surface area contributed by atoms with Crippen molar-refractivity contribution in [2.75, 3.05) is 5.32 Å². The molecule has 0 spiro atoms. The highest BCUT2D eigenvalue weighted by Crippen LogP contribution is 2.51. The van der Waals surface area contributed by atoms with Crippen LogP contribution >= 0.6 is 0 Å². The summed E-state index contributed by atoms with van der Waals surface area (Å²) in [6, 6.07) is 1.64. The molecule has 24 heavy (non-hydrogen) atoms. The number of hydrogen-bond acceptors (Lipinski definition) is 3. The van der Waals surface area contributed by atoms with Gasteiger partial charge in [-0.05, 0) is 44.6 Å². The lowest BCUT2D eigenvalue weighted by Crippen LogP contribution is -2.46. The molecular formula is C18H24F2N2O2. The first kappa shape index (κ1) is 17.1. The van der Waals surface area contributed by atoms with Crippen molar-refractivity contribution in [2.24, 2.45) is 11.3 Å². The lowest BCUT2D eigenvalue weighted by atomic mass is 9.59. The van der Waals surface area contributed by atoms with E-state index in [4.69, 9.17) is 0 Å². The van der Waals surface area contributed by atoms with Gasteiger partial charge in [-0.2, -0.15) is 8.78 Å². The molecule has 1 N–H and O–H groups in total. The highest BCUT2D eigenvalue weighted by atomic mass is 19.3. The minimum absolute atomic E-state index is 0.0654. The lowest BCUT2D eigenvalue weighted by Gasteiger charge is -2.46. The third-order valence-electron chi connectivity index (χ3n) is 5.57. The predicted octanol–water partition coefficient (Wildman–Crippen LogP) is 4.68. The number of rotatable bonds is 4. The summed E-state index contributed by atoms with van der Waals surface area (Å²) in [4.78, 5) is 16.9. The van der Waals surface area contributed by atoms with Gasteiger partial charge >= 0.3 is 6.61 Å². The van der Waals surface area contributed by atoms with Crippen LogP contribution in [0.5, 0.6) is 5.88 Å². The molecule has 1 heterocycles. The fourth-order valence-corrected chi connectivity index (χ4v) is 4.40. The van der Waals surface area contributed by atoms with Gasteiger partial charge in [0.15, 0.2) is 0 Å². The number of alkyl halides is 2. The summed E-state index contributed by atoms with van der Waals surface area (Å²) >= 11 is 0. The van der Waals surface area contributed by atoms with E-state index in [-0.39, 0.29) is 17.2 Å². The summed E-state index contributed by atoms with van der Waals surface area (Å²) in [5.41, 5.74) is 0.764. The Morgan fingerprint density at radius 2 is 1.96 bits per heavy atom. The highest BCUT2D eigenvalue weighted by molar-refractivity contribution is 5.95. The van der Waals surface area contributed by atoms with E-state index >= 15 is 0 Å². The first-order valence-electron chi connectivity index (χ1n) is 8.74. The molecule has 4 nitrogen and oxygen atoms in total. The Hall–Kier alpha value is -1.72. The molecule has 1 aromatic heterocycles. The third kappa shape index (κ3) is 3.37. The second-order valence-corrected chi connectivity index (χ2v) is 7.02. The molecular weight excluding hydrogens is 314 g/mol. The molecule has 2 aliphatic rings. The highest BCUT2D eigenvalue weighted by Gasteiger charge is 2.47. The Morgan fingerprint density at radius 1 is 1.29 bits per heavy atom. The fourth-order valence-electron chi connectivity index (χ4n) is 4.40. The predicted molar refractivity (Wildman–Crippen MR) is 87.1 cm³/mol. The summed E-state index contributed by atoms with van der Waals surface area (Å²) in [6.45, 7) is -1.26. The molecule has 0 radical (unpaired) electrons. The van der Waals surface area contributed by atoms with Gasteiger partial charge in [-0.1, -0.05) is 25.7 Å². The topological polar surface area (TPSA) is 51.2 Å². The van der Waals surface area contributed by atoms with Crippen LogP contribution in [0.2, 0.25) is 0 Å². The maximum atomic E-state index is 13.0. The van der Waals surface area contributed by atoms with Crippen molar-refractivity contribution in [3.8, 4) is 5.88 Å². The number of aromatic nitrogens is 1. The van der Waals surface area contributed by atoms with E-state index in [2.05, 4.69) is 15.0 Å².